The molecule has 0 aliphatic heterocycles. The number of hydrazine groups is 1. The predicted molar refractivity (Wildman–Crippen MR) is 71.5 cm³/mol. The average molecular weight is 257 g/mol. The van der Waals surface area contributed by atoms with Gasteiger partial charge in [0.1, 0.15) is 5.75 Å². The predicted octanol–water partition coefficient (Wildman–Crippen LogP) is 1.99. The van der Waals surface area contributed by atoms with Crippen LogP contribution in [-0.2, 0) is 0 Å². The number of ether oxygens (including phenoxy) is 1. The first kappa shape index (κ1) is 13.6. The molecule has 0 aliphatic rings. The standard InChI is InChI=1S/C11H17ClN4O/c1-7(2)14-11(16-13)15-8-4-5-10(17-3)9(12)6-8/h4-7H,13H2,1-3H3,(H2,14,15,16). The molecule has 0 spiro atoms. The summed E-state index contributed by atoms with van der Waals surface area (Å²) in [5, 5.41) is 3.55. The minimum absolute atomic E-state index is 0.141. The van der Waals surface area contributed by atoms with Crippen molar-refractivity contribution in [3.8, 4) is 5.75 Å². The van der Waals surface area contributed by atoms with Crippen LogP contribution >= 0.6 is 11.6 Å². The highest BCUT2D eigenvalue weighted by molar-refractivity contribution is 6.32. The van der Waals surface area contributed by atoms with Crippen molar-refractivity contribution < 1.29 is 4.74 Å². The van der Waals surface area contributed by atoms with E-state index >= 15 is 0 Å². The zero-order chi connectivity index (χ0) is 12.8. The Morgan fingerprint density at radius 3 is 2.65 bits per heavy atom. The van der Waals surface area contributed by atoms with E-state index in [1.807, 2.05) is 19.9 Å². The third-order valence-electron chi connectivity index (χ3n) is 1.94. The number of guanidine groups is 1. The minimum atomic E-state index is 0.141. The van der Waals surface area contributed by atoms with E-state index in [2.05, 4.69) is 15.7 Å². The number of hydrogen-bond acceptors (Lipinski definition) is 3. The SMILES string of the molecule is COc1ccc(NC(=NC(C)C)NN)cc1Cl. The molecule has 1 aromatic rings. The molecule has 4 N–H and O–H groups in total. The molecule has 17 heavy (non-hydrogen) atoms. The summed E-state index contributed by atoms with van der Waals surface area (Å²) in [6.45, 7) is 3.92. The first-order valence-electron chi connectivity index (χ1n) is 5.21. The minimum Gasteiger partial charge on any atom is -0.495 e. The molecular weight excluding hydrogens is 240 g/mol. The van der Waals surface area contributed by atoms with Gasteiger partial charge in [-0.05, 0) is 32.0 Å². The molecule has 1 aromatic carbocycles. The Morgan fingerprint density at radius 2 is 2.18 bits per heavy atom. The first-order chi connectivity index (χ1) is 8.06. The quantitative estimate of drug-likeness (QED) is 0.335. The van der Waals surface area contributed by atoms with E-state index in [0.717, 1.165) is 5.69 Å². The third-order valence-corrected chi connectivity index (χ3v) is 2.23. The topological polar surface area (TPSA) is 71.7 Å². The number of anilines is 1. The van der Waals surface area contributed by atoms with Gasteiger partial charge in [0.05, 0.1) is 12.1 Å². The Morgan fingerprint density at radius 1 is 1.47 bits per heavy atom. The molecule has 0 amide bonds. The summed E-state index contributed by atoms with van der Waals surface area (Å²) in [5.74, 6) is 6.47. The van der Waals surface area contributed by atoms with Crippen LogP contribution in [-0.4, -0.2) is 19.1 Å². The number of hydrogen-bond donors (Lipinski definition) is 3. The average Bonchev–Trinajstić information content (AvgIpc) is 2.27. The molecule has 0 aromatic heterocycles. The largest absolute Gasteiger partial charge is 0.495 e. The molecule has 0 aliphatic carbocycles. The van der Waals surface area contributed by atoms with Crippen molar-refractivity contribution in [1.29, 1.82) is 0 Å². The maximum Gasteiger partial charge on any atom is 0.210 e. The monoisotopic (exact) mass is 256 g/mol. The Hall–Kier alpha value is -1.46. The summed E-state index contributed by atoms with van der Waals surface area (Å²) in [7, 11) is 1.57. The molecule has 0 bridgehead atoms. The summed E-state index contributed by atoms with van der Waals surface area (Å²) >= 11 is 6.01. The summed E-state index contributed by atoms with van der Waals surface area (Å²) in [5.41, 5.74) is 3.28. The smallest absolute Gasteiger partial charge is 0.210 e. The van der Waals surface area contributed by atoms with Crippen LogP contribution < -0.4 is 21.3 Å². The highest BCUT2D eigenvalue weighted by Crippen LogP contribution is 2.27. The van der Waals surface area contributed by atoms with Crippen molar-refractivity contribution in [2.75, 3.05) is 12.4 Å². The van der Waals surface area contributed by atoms with Gasteiger partial charge in [-0.15, -0.1) is 0 Å². The van der Waals surface area contributed by atoms with Gasteiger partial charge in [-0.3, -0.25) is 5.43 Å². The molecule has 6 heteroatoms. The van der Waals surface area contributed by atoms with E-state index in [1.54, 1.807) is 19.2 Å². The van der Waals surface area contributed by atoms with Crippen LogP contribution in [0.1, 0.15) is 13.8 Å². The summed E-state index contributed by atoms with van der Waals surface area (Å²) in [6, 6.07) is 5.49. The fraction of sp³-hybridized carbons (Fsp3) is 0.364. The number of aliphatic imine (C=N–C) groups is 1. The van der Waals surface area contributed by atoms with Crippen LogP contribution in [0.3, 0.4) is 0 Å². The Kier molecular flexibility index (Phi) is 5.06. The highest BCUT2D eigenvalue weighted by Gasteiger charge is 2.04. The number of nitrogens with two attached hydrogens (primary N) is 1. The Labute approximate surface area is 106 Å². The summed E-state index contributed by atoms with van der Waals surface area (Å²) < 4.78 is 5.07. The molecule has 5 nitrogen and oxygen atoms in total. The van der Waals surface area contributed by atoms with Crippen molar-refractivity contribution in [2.45, 2.75) is 19.9 Å². The fourth-order valence-corrected chi connectivity index (χ4v) is 1.50. The highest BCUT2D eigenvalue weighted by atomic mass is 35.5. The van der Waals surface area contributed by atoms with E-state index in [-0.39, 0.29) is 6.04 Å². The molecule has 94 valence electrons. The van der Waals surface area contributed by atoms with Crippen LogP contribution in [0.15, 0.2) is 23.2 Å². The lowest BCUT2D eigenvalue weighted by atomic mass is 10.3. The molecule has 0 radical (unpaired) electrons. The molecular formula is C11H17ClN4O. The number of halogens is 1. The summed E-state index contributed by atoms with van der Waals surface area (Å²) in [4.78, 5) is 4.26. The lowest BCUT2D eigenvalue weighted by Gasteiger charge is -2.11. The Bertz CT molecular complexity index is 406. The molecule has 0 heterocycles. The molecule has 0 unspecified atom stereocenters. The van der Waals surface area contributed by atoms with E-state index < -0.39 is 0 Å². The van der Waals surface area contributed by atoms with Crippen LogP contribution in [0, 0.1) is 0 Å². The second-order valence-electron chi connectivity index (χ2n) is 3.69. The van der Waals surface area contributed by atoms with Gasteiger partial charge in [0, 0.05) is 11.7 Å². The number of rotatable bonds is 3. The Balaban J connectivity index is 2.84. The molecule has 0 saturated carbocycles. The molecule has 1 rings (SSSR count). The van der Waals surface area contributed by atoms with E-state index in [9.17, 15) is 0 Å². The van der Waals surface area contributed by atoms with Gasteiger partial charge in [0.25, 0.3) is 0 Å². The zero-order valence-corrected chi connectivity index (χ0v) is 10.9. The number of nitrogens with one attached hydrogen (secondary N) is 2. The van der Waals surface area contributed by atoms with Crippen LogP contribution in [0.25, 0.3) is 0 Å². The van der Waals surface area contributed by atoms with Crippen molar-refractivity contribution in [3.63, 3.8) is 0 Å². The van der Waals surface area contributed by atoms with Gasteiger partial charge in [-0.2, -0.15) is 0 Å². The van der Waals surface area contributed by atoms with Gasteiger partial charge in [-0.1, -0.05) is 11.6 Å². The number of nitrogens with zero attached hydrogens (tertiary/aromatic N) is 1. The first-order valence-corrected chi connectivity index (χ1v) is 5.59. The summed E-state index contributed by atoms with van der Waals surface area (Å²) in [6.07, 6.45) is 0. The van der Waals surface area contributed by atoms with Crippen molar-refractivity contribution >= 4 is 23.2 Å². The van der Waals surface area contributed by atoms with Crippen molar-refractivity contribution in [2.24, 2.45) is 10.8 Å². The zero-order valence-electron chi connectivity index (χ0n) is 10.1. The van der Waals surface area contributed by atoms with Crippen molar-refractivity contribution in [3.05, 3.63) is 23.2 Å². The molecule has 0 atom stereocenters. The molecule has 0 fully saturated rings. The van der Waals surface area contributed by atoms with Gasteiger partial charge >= 0.3 is 0 Å². The normalized spacial score (nSPS) is 11.5. The maximum atomic E-state index is 6.01. The van der Waals surface area contributed by atoms with Crippen molar-refractivity contribution in [1.82, 2.24) is 5.43 Å². The number of benzene rings is 1. The van der Waals surface area contributed by atoms with Gasteiger partial charge < -0.3 is 10.1 Å². The van der Waals surface area contributed by atoms with E-state index in [4.69, 9.17) is 22.2 Å². The van der Waals surface area contributed by atoms with E-state index in [0.29, 0.717) is 16.7 Å². The van der Waals surface area contributed by atoms with Crippen LogP contribution in [0.4, 0.5) is 5.69 Å². The lowest BCUT2D eigenvalue weighted by Crippen LogP contribution is -2.36. The van der Waals surface area contributed by atoms with Gasteiger partial charge in [-0.25, -0.2) is 10.8 Å². The second kappa shape index (κ2) is 6.32. The second-order valence-corrected chi connectivity index (χ2v) is 4.10. The fourth-order valence-electron chi connectivity index (χ4n) is 1.24. The van der Waals surface area contributed by atoms with Crippen LogP contribution in [0.2, 0.25) is 5.02 Å². The van der Waals surface area contributed by atoms with E-state index in [1.165, 1.54) is 0 Å². The molecule has 0 saturated heterocycles. The lowest BCUT2D eigenvalue weighted by molar-refractivity contribution is 0.415. The van der Waals surface area contributed by atoms with Gasteiger partial charge in [0.2, 0.25) is 5.96 Å². The number of methoxy groups -OCH3 is 1. The third kappa shape index (κ3) is 4.13. The van der Waals surface area contributed by atoms with Gasteiger partial charge in [0.15, 0.2) is 0 Å². The maximum absolute atomic E-state index is 6.01. The van der Waals surface area contributed by atoms with Crippen LogP contribution in [0.5, 0.6) is 5.75 Å².